The molecule has 1 aromatic carbocycles. The molecule has 0 aliphatic carbocycles. The van der Waals surface area contributed by atoms with E-state index in [1.807, 2.05) is 30.5 Å². The van der Waals surface area contributed by atoms with Gasteiger partial charge < -0.3 is 4.84 Å². The second-order valence-corrected chi connectivity index (χ2v) is 5.32. The Kier molecular flexibility index (Phi) is 5.07. The molecule has 2 N–H and O–H groups in total. The Morgan fingerprint density at radius 2 is 2.32 bits per heavy atom. The van der Waals surface area contributed by atoms with Crippen LogP contribution in [0.2, 0.25) is 5.02 Å². The molecule has 1 unspecified atom stereocenters. The van der Waals surface area contributed by atoms with Crippen molar-refractivity contribution in [3.8, 4) is 0 Å². The summed E-state index contributed by atoms with van der Waals surface area (Å²) in [6.07, 6.45) is 2.92. The fourth-order valence-electron chi connectivity index (χ4n) is 1.57. The molecule has 0 bridgehead atoms. The number of hydrazone groups is 1. The van der Waals surface area contributed by atoms with Crippen molar-refractivity contribution in [3.63, 3.8) is 0 Å². The van der Waals surface area contributed by atoms with Gasteiger partial charge in [0.2, 0.25) is 0 Å². The zero-order valence-electron chi connectivity index (χ0n) is 10.5. The first-order chi connectivity index (χ1) is 9.22. The van der Waals surface area contributed by atoms with Crippen LogP contribution in [0.25, 0.3) is 0 Å². The molecule has 0 radical (unpaired) electrons. The van der Waals surface area contributed by atoms with Gasteiger partial charge in [-0.05, 0) is 30.7 Å². The molecular weight excluding hydrogens is 284 g/mol. The van der Waals surface area contributed by atoms with Gasteiger partial charge in [-0.3, -0.25) is 0 Å². The first kappa shape index (κ1) is 14.2. The van der Waals surface area contributed by atoms with E-state index in [1.54, 1.807) is 5.01 Å². The van der Waals surface area contributed by atoms with E-state index >= 15 is 0 Å². The van der Waals surface area contributed by atoms with Crippen LogP contribution in [0.5, 0.6) is 0 Å². The van der Waals surface area contributed by atoms with Crippen LogP contribution in [-0.4, -0.2) is 23.8 Å². The summed E-state index contributed by atoms with van der Waals surface area (Å²) < 4.78 is 4.25. The molecule has 102 valence electrons. The van der Waals surface area contributed by atoms with Crippen molar-refractivity contribution in [2.75, 3.05) is 6.54 Å². The second-order valence-electron chi connectivity index (χ2n) is 4.05. The molecule has 1 aliphatic rings. The molecule has 0 saturated heterocycles. The average molecular weight is 299 g/mol. The zero-order chi connectivity index (χ0) is 13.7. The van der Waals surface area contributed by atoms with Gasteiger partial charge >= 0.3 is 6.02 Å². The summed E-state index contributed by atoms with van der Waals surface area (Å²) in [5, 5.41) is 6.58. The van der Waals surface area contributed by atoms with Crippen LogP contribution in [0.1, 0.15) is 13.3 Å². The van der Waals surface area contributed by atoms with Gasteiger partial charge in [-0.15, -0.1) is 0 Å². The number of amidine groups is 1. The van der Waals surface area contributed by atoms with Gasteiger partial charge in [-0.25, -0.2) is 5.01 Å². The molecule has 1 atom stereocenters. The van der Waals surface area contributed by atoms with Crippen molar-refractivity contribution in [3.05, 3.63) is 29.3 Å². The molecule has 1 heterocycles. The largest absolute Gasteiger partial charge is 0.371 e. The third-order valence-electron chi connectivity index (χ3n) is 2.72. The predicted molar refractivity (Wildman–Crippen MR) is 79.0 cm³/mol. The number of halogens is 1. The fourth-order valence-corrected chi connectivity index (χ4v) is 2.27. The molecule has 7 heteroatoms. The zero-order valence-corrected chi connectivity index (χ0v) is 12.1. The van der Waals surface area contributed by atoms with Crippen LogP contribution in [0.3, 0.4) is 0 Å². The van der Waals surface area contributed by atoms with Crippen LogP contribution in [0.15, 0.2) is 38.7 Å². The lowest BCUT2D eigenvalue weighted by atomic mass is 10.1. The molecule has 2 rings (SSSR count). The fraction of sp³-hybridized carbons (Fsp3) is 0.333. The van der Waals surface area contributed by atoms with Crippen LogP contribution >= 0.6 is 23.5 Å². The van der Waals surface area contributed by atoms with Crippen molar-refractivity contribution in [1.29, 1.82) is 0 Å². The SMILES string of the molecule is CCC1C=NN(/C(=N/Sc2ccc(Cl)cc2)ON)C1. The Bertz CT molecular complexity index is 477. The van der Waals surface area contributed by atoms with E-state index in [-0.39, 0.29) is 0 Å². The third-order valence-corrected chi connectivity index (χ3v) is 3.70. The van der Waals surface area contributed by atoms with Crippen molar-refractivity contribution in [2.24, 2.45) is 21.3 Å². The van der Waals surface area contributed by atoms with Crippen molar-refractivity contribution >= 4 is 35.8 Å². The lowest BCUT2D eigenvalue weighted by molar-refractivity contribution is 0.244. The van der Waals surface area contributed by atoms with E-state index in [9.17, 15) is 0 Å². The highest BCUT2D eigenvalue weighted by atomic mass is 35.5. The maximum Gasteiger partial charge on any atom is 0.339 e. The topological polar surface area (TPSA) is 63.2 Å². The summed E-state index contributed by atoms with van der Waals surface area (Å²) in [6.45, 7) is 2.86. The molecule has 0 spiro atoms. The molecule has 1 aliphatic heterocycles. The Morgan fingerprint density at radius 3 is 2.89 bits per heavy atom. The Morgan fingerprint density at radius 1 is 1.58 bits per heavy atom. The van der Waals surface area contributed by atoms with Gasteiger partial charge in [-0.2, -0.15) is 15.4 Å². The van der Waals surface area contributed by atoms with Gasteiger partial charge in [-0.1, -0.05) is 18.5 Å². The highest BCUT2D eigenvalue weighted by molar-refractivity contribution is 7.98. The summed E-state index contributed by atoms with van der Waals surface area (Å²) in [5.74, 6) is 5.66. The number of rotatable bonds is 3. The number of hydrogen-bond donors (Lipinski definition) is 1. The van der Waals surface area contributed by atoms with E-state index in [1.165, 1.54) is 11.9 Å². The van der Waals surface area contributed by atoms with Crippen molar-refractivity contribution < 1.29 is 4.84 Å². The van der Waals surface area contributed by atoms with Gasteiger partial charge in [0.15, 0.2) is 0 Å². The normalized spacial score (nSPS) is 19.0. The first-order valence-electron chi connectivity index (χ1n) is 5.92. The maximum absolute atomic E-state index is 5.82. The number of benzene rings is 1. The van der Waals surface area contributed by atoms with E-state index in [0.717, 1.165) is 17.9 Å². The van der Waals surface area contributed by atoms with E-state index < -0.39 is 0 Å². The summed E-state index contributed by atoms with van der Waals surface area (Å²) in [4.78, 5) is 5.74. The summed E-state index contributed by atoms with van der Waals surface area (Å²) in [7, 11) is 0. The maximum atomic E-state index is 5.82. The smallest absolute Gasteiger partial charge is 0.339 e. The average Bonchev–Trinajstić information content (AvgIpc) is 2.90. The molecule has 5 nitrogen and oxygen atoms in total. The van der Waals surface area contributed by atoms with Crippen LogP contribution in [0.4, 0.5) is 0 Å². The van der Waals surface area contributed by atoms with Crippen LogP contribution < -0.4 is 5.90 Å². The van der Waals surface area contributed by atoms with Crippen LogP contribution in [-0.2, 0) is 4.84 Å². The van der Waals surface area contributed by atoms with E-state index in [2.05, 4.69) is 16.4 Å². The minimum atomic E-state index is 0.298. The lowest BCUT2D eigenvalue weighted by Crippen LogP contribution is -2.30. The molecule has 0 saturated carbocycles. The Labute approximate surface area is 121 Å². The molecule has 1 aromatic rings. The number of hydrogen-bond acceptors (Lipinski definition) is 5. The lowest BCUT2D eigenvalue weighted by Gasteiger charge is -2.14. The monoisotopic (exact) mass is 298 g/mol. The summed E-state index contributed by atoms with van der Waals surface area (Å²) in [6, 6.07) is 7.68. The second kappa shape index (κ2) is 6.79. The van der Waals surface area contributed by atoms with Gasteiger partial charge in [0.25, 0.3) is 0 Å². The molecule has 0 aromatic heterocycles. The minimum Gasteiger partial charge on any atom is -0.371 e. The molecule has 19 heavy (non-hydrogen) atoms. The molecule has 0 fully saturated rings. The standard InChI is InChI=1S/C12H15ClN4OS/c1-2-9-7-15-17(8-9)12(18-14)16-19-11-5-3-10(13)4-6-11/h3-7,9H,2,8,14H2,1H3/b16-12-. The summed E-state index contributed by atoms with van der Waals surface area (Å²) in [5.41, 5.74) is 0. The van der Waals surface area contributed by atoms with Gasteiger partial charge in [0, 0.05) is 34.0 Å². The van der Waals surface area contributed by atoms with Gasteiger partial charge in [0.1, 0.15) is 0 Å². The van der Waals surface area contributed by atoms with Crippen LogP contribution in [0, 0.1) is 5.92 Å². The quantitative estimate of drug-likeness (QED) is 0.403. The third kappa shape index (κ3) is 3.86. The number of nitrogens with zero attached hydrogens (tertiary/aromatic N) is 3. The molecule has 0 amide bonds. The van der Waals surface area contributed by atoms with E-state index in [4.69, 9.17) is 22.3 Å². The highest BCUT2D eigenvalue weighted by Crippen LogP contribution is 2.22. The Hall–Kier alpha value is -1.24. The molecular formula is C12H15ClN4OS. The first-order valence-corrected chi connectivity index (χ1v) is 7.07. The Balaban J connectivity index is 2.00. The van der Waals surface area contributed by atoms with E-state index in [0.29, 0.717) is 17.0 Å². The minimum absolute atomic E-state index is 0.298. The highest BCUT2D eigenvalue weighted by Gasteiger charge is 2.21. The predicted octanol–water partition coefficient (Wildman–Crippen LogP) is 2.92. The summed E-state index contributed by atoms with van der Waals surface area (Å²) >= 11 is 7.09. The van der Waals surface area contributed by atoms with Crippen molar-refractivity contribution in [1.82, 2.24) is 5.01 Å². The van der Waals surface area contributed by atoms with Crippen molar-refractivity contribution in [2.45, 2.75) is 18.2 Å². The number of nitrogens with two attached hydrogens (primary N) is 1. The van der Waals surface area contributed by atoms with Gasteiger partial charge in [0.05, 0.1) is 6.54 Å².